The van der Waals surface area contributed by atoms with Crippen molar-refractivity contribution in [2.45, 2.75) is 25.3 Å². The highest BCUT2D eigenvalue weighted by atomic mass is 16.2. The van der Waals surface area contributed by atoms with E-state index >= 15 is 0 Å². The Balaban J connectivity index is 2.30. The Morgan fingerprint density at radius 1 is 1.33 bits per heavy atom. The molecule has 0 aromatic carbocycles. The van der Waals surface area contributed by atoms with Crippen LogP contribution in [0.3, 0.4) is 0 Å². The predicted octanol–water partition coefficient (Wildman–Crippen LogP) is -0.449. The van der Waals surface area contributed by atoms with Gasteiger partial charge in [0, 0.05) is 26.2 Å². The number of nitrogens with zero attached hydrogens (tertiary/aromatic N) is 2. The van der Waals surface area contributed by atoms with Gasteiger partial charge in [0.15, 0.2) is 0 Å². The molecule has 0 saturated carbocycles. The number of rotatable bonds is 6. The first-order valence-corrected chi connectivity index (χ1v) is 6.49. The van der Waals surface area contributed by atoms with Gasteiger partial charge in [-0.1, -0.05) is 0 Å². The smallest absolute Gasteiger partial charge is 0.318 e. The number of urea groups is 1. The Kier molecular flexibility index (Phi) is 6.67. The predicted molar refractivity (Wildman–Crippen MR) is 70.0 cm³/mol. The van der Waals surface area contributed by atoms with E-state index in [1.807, 2.05) is 13.3 Å². The molecular formula is C12H23N4O2. The van der Waals surface area contributed by atoms with Crippen LogP contribution in [0.2, 0.25) is 0 Å². The summed E-state index contributed by atoms with van der Waals surface area (Å²) in [5.41, 5.74) is 5.39. The first-order chi connectivity index (χ1) is 8.67. The van der Waals surface area contributed by atoms with Crippen LogP contribution in [0.5, 0.6) is 0 Å². The maximum Gasteiger partial charge on any atom is 0.318 e. The SMILES string of the molecule is CN1CCN(C(=O)NC([C]=O)CCCCN)CC1. The van der Waals surface area contributed by atoms with E-state index in [-0.39, 0.29) is 6.03 Å². The molecule has 1 aliphatic rings. The third kappa shape index (κ3) is 5.01. The van der Waals surface area contributed by atoms with Gasteiger partial charge in [0.25, 0.3) is 0 Å². The Labute approximate surface area is 108 Å². The summed E-state index contributed by atoms with van der Waals surface area (Å²) in [7, 11) is 2.03. The molecule has 1 rings (SSSR count). The summed E-state index contributed by atoms with van der Waals surface area (Å²) < 4.78 is 0. The molecule has 1 unspecified atom stereocenters. The molecule has 1 aliphatic heterocycles. The summed E-state index contributed by atoms with van der Waals surface area (Å²) in [6, 6.07) is -0.673. The zero-order chi connectivity index (χ0) is 13.4. The quantitative estimate of drug-likeness (QED) is 0.630. The van der Waals surface area contributed by atoms with Gasteiger partial charge in [-0.25, -0.2) is 4.79 Å². The van der Waals surface area contributed by atoms with Crippen LogP contribution in [0.1, 0.15) is 19.3 Å². The number of nitrogens with one attached hydrogen (secondary N) is 1. The van der Waals surface area contributed by atoms with Crippen molar-refractivity contribution in [2.75, 3.05) is 39.8 Å². The van der Waals surface area contributed by atoms with Crippen LogP contribution in [0.25, 0.3) is 0 Å². The van der Waals surface area contributed by atoms with Gasteiger partial charge in [0.05, 0.1) is 6.04 Å². The highest BCUT2D eigenvalue weighted by molar-refractivity contribution is 5.78. The fourth-order valence-corrected chi connectivity index (χ4v) is 1.90. The third-order valence-electron chi connectivity index (χ3n) is 3.18. The van der Waals surface area contributed by atoms with Gasteiger partial charge in [-0.3, -0.25) is 4.79 Å². The second-order valence-corrected chi connectivity index (χ2v) is 4.69. The zero-order valence-corrected chi connectivity index (χ0v) is 11.0. The minimum absolute atomic E-state index is 0.163. The lowest BCUT2D eigenvalue weighted by Gasteiger charge is -2.33. The average Bonchev–Trinajstić information content (AvgIpc) is 2.38. The van der Waals surface area contributed by atoms with E-state index in [9.17, 15) is 9.59 Å². The Morgan fingerprint density at radius 2 is 2.00 bits per heavy atom. The first kappa shape index (κ1) is 14.9. The molecule has 1 heterocycles. The lowest BCUT2D eigenvalue weighted by molar-refractivity contribution is 0.153. The van der Waals surface area contributed by atoms with Gasteiger partial charge in [-0.15, -0.1) is 0 Å². The molecule has 0 aromatic heterocycles. The average molecular weight is 255 g/mol. The molecule has 6 nitrogen and oxygen atoms in total. The van der Waals surface area contributed by atoms with Gasteiger partial charge in [0.2, 0.25) is 6.29 Å². The van der Waals surface area contributed by atoms with E-state index in [1.54, 1.807) is 4.90 Å². The second-order valence-electron chi connectivity index (χ2n) is 4.69. The van der Waals surface area contributed by atoms with Gasteiger partial charge in [-0.05, 0) is 32.9 Å². The van der Waals surface area contributed by atoms with E-state index < -0.39 is 6.04 Å². The molecule has 2 amide bonds. The summed E-state index contributed by atoms with van der Waals surface area (Å²) in [6.45, 7) is 3.76. The minimum Gasteiger partial charge on any atom is -0.330 e. The lowest BCUT2D eigenvalue weighted by Crippen LogP contribution is -2.52. The molecule has 18 heavy (non-hydrogen) atoms. The summed E-state index contributed by atoms with van der Waals surface area (Å²) in [4.78, 5) is 26.6. The number of carbonyl (C=O) groups is 1. The molecule has 1 radical (unpaired) electrons. The van der Waals surface area contributed by atoms with Crippen molar-refractivity contribution in [1.29, 1.82) is 0 Å². The van der Waals surface area contributed by atoms with Crippen LogP contribution < -0.4 is 11.1 Å². The lowest BCUT2D eigenvalue weighted by atomic mass is 10.1. The molecule has 0 bridgehead atoms. The fraction of sp³-hybridized carbons (Fsp3) is 0.833. The molecule has 0 aromatic rings. The number of piperazine rings is 1. The number of unbranched alkanes of at least 4 members (excludes halogenated alkanes) is 1. The normalized spacial score (nSPS) is 18.4. The largest absolute Gasteiger partial charge is 0.330 e. The Morgan fingerprint density at radius 3 is 2.56 bits per heavy atom. The van der Waals surface area contributed by atoms with Crippen LogP contribution >= 0.6 is 0 Å². The molecule has 6 heteroatoms. The second kappa shape index (κ2) is 8.05. The number of nitrogens with two attached hydrogens (primary N) is 1. The highest BCUT2D eigenvalue weighted by Gasteiger charge is 2.21. The molecule has 3 N–H and O–H groups in total. The van der Waals surface area contributed by atoms with Crippen molar-refractivity contribution in [3.8, 4) is 0 Å². The van der Waals surface area contributed by atoms with E-state index in [4.69, 9.17) is 5.73 Å². The first-order valence-electron chi connectivity index (χ1n) is 6.49. The van der Waals surface area contributed by atoms with E-state index in [0.29, 0.717) is 26.1 Å². The van der Waals surface area contributed by atoms with E-state index in [0.717, 1.165) is 25.9 Å². The maximum absolute atomic E-state index is 11.9. The topological polar surface area (TPSA) is 78.7 Å². The molecule has 103 valence electrons. The number of likely N-dealkylation sites (N-methyl/N-ethyl adjacent to an activating group) is 1. The fourth-order valence-electron chi connectivity index (χ4n) is 1.90. The summed E-state index contributed by atoms with van der Waals surface area (Å²) in [5.74, 6) is 0. The molecular weight excluding hydrogens is 232 g/mol. The number of amides is 2. The van der Waals surface area contributed by atoms with Crippen molar-refractivity contribution in [3.63, 3.8) is 0 Å². The van der Waals surface area contributed by atoms with Crippen LogP contribution in [-0.2, 0) is 4.79 Å². The standard InChI is InChI=1S/C12H23N4O2/c1-15-6-8-16(9-7-15)12(18)14-11(10-17)4-2-3-5-13/h11H,2-9,13H2,1H3,(H,14,18). The number of hydrogen-bond acceptors (Lipinski definition) is 4. The van der Waals surface area contributed by atoms with Gasteiger partial charge in [-0.2, -0.15) is 0 Å². The Bertz CT molecular complexity index is 265. The monoisotopic (exact) mass is 255 g/mol. The van der Waals surface area contributed by atoms with Crippen molar-refractivity contribution in [3.05, 3.63) is 0 Å². The molecule has 0 aliphatic carbocycles. The Hall–Kier alpha value is -1.14. The number of carbonyl (C=O) groups excluding carboxylic acids is 2. The van der Waals surface area contributed by atoms with Crippen LogP contribution in [0.4, 0.5) is 4.79 Å². The van der Waals surface area contributed by atoms with Crippen molar-refractivity contribution < 1.29 is 9.59 Å². The maximum atomic E-state index is 11.9. The van der Waals surface area contributed by atoms with Crippen molar-refractivity contribution >= 4 is 12.3 Å². The van der Waals surface area contributed by atoms with E-state index in [1.165, 1.54) is 0 Å². The summed E-state index contributed by atoms with van der Waals surface area (Å²) in [5, 5.41) is 2.71. The molecule has 1 fully saturated rings. The summed E-state index contributed by atoms with van der Waals surface area (Å²) >= 11 is 0. The van der Waals surface area contributed by atoms with E-state index in [2.05, 4.69) is 10.2 Å². The van der Waals surface area contributed by atoms with Gasteiger partial charge < -0.3 is 20.9 Å². The molecule has 1 atom stereocenters. The van der Waals surface area contributed by atoms with Crippen molar-refractivity contribution in [2.24, 2.45) is 5.73 Å². The van der Waals surface area contributed by atoms with Gasteiger partial charge >= 0.3 is 6.03 Å². The van der Waals surface area contributed by atoms with Crippen molar-refractivity contribution in [1.82, 2.24) is 15.1 Å². The highest BCUT2D eigenvalue weighted by Crippen LogP contribution is 2.02. The minimum atomic E-state index is -0.510. The molecule has 1 saturated heterocycles. The summed E-state index contributed by atoms with van der Waals surface area (Å²) in [6.07, 6.45) is 4.19. The third-order valence-corrected chi connectivity index (χ3v) is 3.18. The van der Waals surface area contributed by atoms with Crippen LogP contribution in [-0.4, -0.2) is 67.9 Å². The van der Waals surface area contributed by atoms with Crippen LogP contribution in [0, 0.1) is 0 Å². The van der Waals surface area contributed by atoms with Crippen LogP contribution in [0.15, 0.2) is 0 Å². The molecule has 0 spiro atoms. The zero-order valence-electron chi connectivity index (χ0n) is 11.0. The number of hydrogen-bond donors (Lipinski definition) is 2. The van der Waals surface area contributed by atoms with Gasteiger partial charge in [0.1, 0.15) is 0 Å².